The zero-order valence-corrected chi connectivity index (χ0v) is 14.0. The van der Waals surface area contributed by atoms with Crippen molar-refractivity contribution >= 4 is 28.9 Å². The van der Waals surface area contributed by atoms with Crippen LogP contribution in [0.1, 0.15) is 38.2 Å². The molecule has 0 heterocycles. The van der Waals surface area contributed by atoms with Crippen LogP contribution in [0, 0.1) is 17.8 Å². The SMILES string of the molecule is CC(NC(=S)NCc1ccc(Cl)cc1)C1CC2CCC1C2. The Kier molecular flexibility index (Phi) is 4.70. The van der Waals surface area contributed by atoms with Gasteiger partial charge in [0.15, 0.2) is 5.11 Å². The molecular weight excluding hydrogens is 300 g/mol. The van der Waals surface area contributed by atoms with E-state index in [0.717, 1.165) is 34.4 Å². The molecule has 0 radical (unpaired) electrons. The van der Waals surface area contributed by atoms with E-state index in [-0.39, 0.29) is 0 Å². The van der Waals surface area contributed by atoms with Crippen molar-refractivity contribution in [2.75, 3.05) is 0 Å². The first-order valence-electron chi connectivity index (χ1n) is 7.90. The van der Waals surface area contributed by atoms with E-state index >= 15 is 0 Å². The zero-order valence-electron chi connectivity index (χ0n) is 12.4. The average Bonchev–Trinajstić information content (AvgIpc) is 3.09. The Morgan fingerprint density at radius 2 is 2.05 bits per heavy atom. The summed E-state index contributed by atoms with van der Waals surface area (Å²) in [5.74, 6) is 2.72. The van der Waals surface area contributed by atoms with Crippen molar-refractivity contribution in [2.24, 2.45) is 17.8 Å². The van der Waals surface area contributed by atoms with Gasteiger partial charge in [-0.2, -0.15) is 0 Å². The second kappa shape index (κ2) is 6.53. The second-order valence-corrected chi connectivity index (χ2v) is 7.43. The fourth-order valence-corrected chi connectivity index (χ4v) is 4.44. The third-order valence-electron chi connectivity index (χ3n) is 5.16. The molecule has 4 heteroatoms. The van der Waals surface area contributed by atoms with Crippen molar-refractivity contribution < 1.29 is 0 Å². The van der Waals surface area contributed by atoms with Gasteiger partial charge < -0.3 is 10.6 Å². The monoisotopic (exact) mass is 322 g/mol. The molecule has 3 rings (SSSR count). The molecule has 2 nitrogen and oxygen atoms in total. The first kappa shape index (κ1) is 15.1. The van der Waals surface area contributed by atoms with E-state index in [4.69, 9.17) is 23.8 Å². The van der Waals surface area contributed by atoms with Gasteiger partial charge in [-0.15, -0.1) is 0 Å². The summed E-state index contributed by atoms with van der Waals surface area (Å²) in [5.41, 5.74) is 1.19. The van der Waals surface area contributed by atoms with Gasteiger partial charge in [0.1, 0.15) is 0 Å². The van der Waals surface area contributed by atoms with Crippen LogP contribution in [0.3, 0.4) is 0 Å². The molecule has 4 atom stereocenters. The third kappa shape index (κ3) is 3.70. The highest BCUT2D eigenvalue weighted by Crippen LogP contribution is 2.49. The van der Waals surface area contributed by atoms with Gasteiger partial charge in [-0.05, 0) is 73.9 Å². The molecule has 0 amide bonds. The number of fused-ring (bicyclic) bond motifs is 2. The summed E-state index contributed by atoms with van der Waals surface area (Å²) < 4.78 is 0. The Hall–Kier alpha value is -0.800. The first-order valence-corrected chi connectivity index (χ1v) is 8.69. The normalized spacial score (nSPS) is 28.4. The molecule has 0 aliphatic heterocycles. The van der Waals surface area contributed by atoms with E-state index in [1.54, 1.807) is 0 Å². The van der Waals surface area contributed by atoms with E-state index in [0.29, 0.717) is 6.04 Å². The minimum absolute atomic E-state index is 0.477. The lowest BCUT2D eigenvalue weighted by Crippen LogP contribution is -2.44. The average molecular weight is 323 g/mol. The Morgan fingerprint density at radius 1 is 1.29 bits per heavy atom. The van der Waals surface area contributed by atoms with Crippen molar-refractivity contribution in [3.8, 4) is 0 Å². The van der Waals surface area contributed by atoms with Crippen LogP contribution in [0.2, 0.25) is 5.02 Å². The number of thiocarbonyl (C=S) groups is 1. The van der Waals surface area contributed by atoms with Gasteiger partial charge in [-0.1, -0.05) is 30.2 Å². The van der Waals surface area contributed by atoms with Gasteiger partial charge in [0.2, 0.25) is 0 Å². The summed E-state index contributed by atoms with van der Waals surface area (Å²) >= 11 is 11.3. The van der Waals surface area contributed by atoms with E-state index < -0.39 is 0 Å². The Balaban J connectivity index is 1.44. The molecular formula is C17H23ClN2S. The van der Waals surface area contributed by atoms with Crippen molar-refractivity contribution in [1.82, 2.24) is 10.6 Å². The largest absolute Gasteiger partial charge is 0.360 e. The molecule has 1 aromatic carbocycles. The van der Waals surface area contributed by atoms with Gasteiger partial charge >= 0.3 is 0 Å². The predicted molar refractivity (Wildman–Crippen MR) is 92.4 cm³/mol. The maximum absolute atomic E-state index is 5.89. The number of rotatable bonds is 4. The Labute approximate surface area is 137 Å². The number of benzene rings is 1. The number of halogens is 1. The van der Waals surface area contributed by atoms with Crippen LogP contribution in [-0.2, 0) is 6.54 Å². The summed E-state index contributed by atoms with van der Waals surface area (Å²) in [7, 11) is 0. The fraction of sp³-hybridized carbons (Fsp3) is 0.588. The number of hydrogen-bond donors (Lipinski definition) is 2. The van der Waals surface area contributed by atoms with Crippen LogP contribution in [0.15, 0.2) is 24.3 Å². The quantitative estimate of drug-likeness (QED) is 0.815. The zero-order chi connectivity index (χ0) is 14.8. The molecule has 0 saturated heterocycles. The number of nitrogens with one attached hydrogen (secondary N) is 2. The molecule has 1 aromatic rings. The lowest BCUT2D eigenvalue weighted by Gasteiger charge is -2.29. The van der Waals surface area contributed by atoms with Crippen molar-refractivity contribution in [1.29, 1.82) is 0 Å². The molecule has 2 fully saturated rings. The van der Waals surface area contributed by atoms with Crippen molar-refractivity contribution in [3.63, 3.8) is 0 Å². The summed E-state index contributed by atoms with van der Waals surface area (Å²) in [6, 6.07) is 8.35. The van der Waals surface area contributed by atoms with Crippen LogP contribution < -0.4 is 10.6 Å². The van der Waals surface area contributed by atoms with E-state index in [1.807, 2.05) is 24.3 Å². The molecule has 2 aliphatic rings. The van der Waals surface area contributed by atoms with Crippen LogP contribution in [-0.4, -0.2) is 11.2 Å². The van der Waals surface area contributed by atoms with Gasteiger partial charge in [0.25, 0.3) is 0 Å². The first-order chi connectivity index (χ1) is 10.1. The highest BCUT2D eigenvalue weighted by molar-refractivity contribution is 7.80. The van der Waals surface area contributed by atoms with Crippen molar-refractivity contribution in [2.45, 2.75) is 45.2 Å². The molecule has 21 heavy (non-hydrogen) atoms. The molecule has 2 N–H and O–H groups in total. The minimum Gasteiger partial charge on any atom is -0.360 e. The van der Waals surface area contributed by atoms with Crippen molar-refractivity contribution in [3.05, 3.63) is 34.9 Å². The summed E-state index contributed by atoms with van der Waals surface area (Å²) in [5, 5.41) is 8.31. The predicted octanol–water partition coefficient (Wildman–Crippen LogP) is 4.13. The molecule has 0 spiro atoms. The maximum Gasteiger partial charge on any atom is 0.166 e. The van der Waals surface area contributed by atoms with Gasteiger partial charge in [-0.3, -0.25) is 0 Å². The lowest BCUT2D eigenvalue weighted by molar-refractivity contribution is 0.278. The maximum atomic E-state index is 5.89. The molecule has 2 bridgehead atoms. The molecule has 2 saturated carbocycles. The molecule has 4 unspecified atom stereocenters. The standard InChI is InChI=1S/C17H23ClN2S/c1-11(16-9-13-2-5-14(16)8-13)20-17(21)19-10-12-3-6-15(18)7-4-12/h3-4,6-7,11,13-14,16H,2,5,8-10H2,1H3,(H2,19,20,21). The lowest BCUT2D eigenvalue weighted by atomic mass is 9.84. The fourth-order valence-electron chi connectivity index (χ4n) is 4.06. The topological polar surface area (TPSA) is 24.1 Å². The summed E-state index contributed by atoms with van der Waals surface area (Å²) in [6.45, 7) is 3.02. The smallest absolute Gasteiger partial charge is 0.166 e. The third-order valence-corrected chi connectivity index (χ3v) is 5.67. The van der Waals surface area contributed by atoms with Gasteiger partial charge in [-0.25, -0.2) is 0 Å². The van der Waals surface area contributed by atoms with Crippen LogP contribution in [0.4, 0.5) is 0 Å². The summed E-state index contributed by atoms with van der Waals surface area (Å²) in [6.07, 6.45) is 5.71. The molecule has 2 aliphatic carbocycles. The molecule has 0 aromatic heterocycles. The van der Waals surface area contributed by atoms with Gasteiger partial charge in [0.05, 0.1) is 0 Å². The van der Waals surface area contributed by atoms with E-state index in [9.17, 15) is 0 Å². The highest BCUT2D eigenvalue weighted by Gasteiger charge is 2.41. The highest BCUT2D eigenvalue weighted by atomic mass is 35.5. The Morgan fingerprint density at radius 3 is 2.67 bits per heavy atom. The van der Waals surface area contributed by atoms with Crippen LogP contribution >= 0.6 is 23.8 Å². The van der Waals surface area contributed by atoms with Crippen LogP contribution in [0.25, 0.3) is 0 Å². The summed E-state index contributed by atoms with van der Waals surface area (Å²) in [4.78, 5) is 0. The Bertz CT molecular complexity index is 502. The number of hydrogen-bond acceptors (Lipinski definition) is 1. The molecule has 114 valence electrons. The van der Waals surface area contributed by atoms with Crippen LogP contribution in [0.5, 0.6) is 0 Å². The second-order valence-electron chi connectivity index (χ2n) is 6.58. The van der Waals surface area contributed by atoms with E-state index in [2.05, 4.69) is 17.6 Å². The van der Waals surface area contributed by atoms with E-state index in [1.165, 1.54) is 31.2 Å². The minimum atomic E-state index is 0.477. The van der Waals surface area contributed by atoms with Gasteiger partial charge in [0, 0.05) is 17.6 Å².